The quantitative estimate of drug-likeness (QED) is 0.610. The summed E-state index contributed by atoms with van der Waals surface area (Å²) in [4.78, 5) is 15.9. The van der Waals surface area contributed by atoms with Crippen LogP contribution in [0.4, 0.5) is 0 Å². The molecule has 0 atom stereocenters. The predicted octanol–water partition coefficient (Wildman–Crippen LogP) is 2.93. The second-order valence-corrected chi connectivity index (χ2v) is 4.23. The molecule has 0 spiro atoms. The van der Waals surface area contributed by atoms with Crippen LogP contribution in [0.2, 0.25) is 0 Å². The molecule has 3 rings (SSSR count). The van der Waals surface area contributed by atoms with E-state index in [-0.39, 0.29) is 11.6 Å². The molecular weight excluding hydrogens is 242 g/mol. The summed E-state index contributed by atoms with van der Waals surface area (Å²) in [6, 6.07) is 11.2. The Morgan fingerprint density at radius 1 is 1.21 bits per heavy atom. The SMILES string of the molecule is Cc1cccc(/C=C2\N=C(c3ccco3)OC2=O)c1. The minimum absolute atomic E-state index is 0.203. The molecule has 0 fully saturated rings. The Bertz CT molecular complexity index is 681. The molecule has 1 aliphatic rings. The maximum atomic E-state index is 11.7. The number of rotatable bonds is 2. The van der Waals surface area contributed by atoms with Gasteiger partial charge in [0, 0.05) is 0 Å². The van der Waals surface area contributed by atoms with Crippen LogP contribution in [-0.4, -0.2) is 11.9 Å². The van der Waals surface area contributed by atoms with E-state index in [0.29, 0.717) is 5.76 Å². The van der Waals surface area contributed by atoms with Crippen molar-refractivity contribution in [2.45, 2.75) is 6.92 Å². The third-order valence-corrected chi connectivity index (χ3v) is 2.70. The molecule has 1 aromatic carbocycles. The Kier molecular flexibility index (Phi) is 2.76. The van der Waals surface area contributed by atoms with Crippen LogP contribution in [0.3, 0.4) is 0 Å². The average molecular weight is 253 g/mol. The lowest BCUT2D eigenvalue weighted by atomic mass is 10.1. The van der Waals surface area contributed by atoms with Gasteiger partial charge in [-0.2, -0.15) is 0 Å². The first-order valence-corrected chi connectivity index (χ1v) is 5.85. The summed E-state index contributed by atoms with van der Waals surface area (Å²) in [6.07, 6.45) is 3.21. The first-order valence-electron chi connectivity index (χ1n) is 5.85. The van der Waals surface area contributed by atoms with Gasteiger partial charge in [-0.15, -0.1) is 0 Å². The zero-order valence-electron chi connectivity index (χ0n) is 10.3. The van der Waals surface area contributed by atoms with Crippen LogP contribution in [0.1, 0.15) is 16.9 Å². The van der Waals surface area contributed by atoms with Gasteiger partial charge in [0.05, 0.1) is 6.26 Å². The molecular formula is C15H11NO3. The summed E-state index contributed by atoms with van der Waals surface area (Å²) in [5.41, 5.74) is 2.31. The lowest BCUT2D eigenvalue weighted by Gasteiger charge is -1.95. The van der Waals surface area contributed by atoms with Gasteiger partial charge < -0.3 is 9.15 Å². The number of ether oxygens (including phenoxy) is 1. The highest BCUT2D eigenvalue weighted by Crippen LogP contribution is 2.19. The number of cyclic esters (lactones) is 1. The number of benzene rings is 1. The summed E-state index contributed by atoms with van der Waals surface area (Å²) >= 11 is 0. The number of carbonyl (C=O) groups is 1. The van der Waals surface area contributed by atoms with Gasteiger partial charge in [0.25, 0.3) is 5.90 Å². The Morgan fingerprint density at radius 2 is 2.11 bits per heavy atom. The van der Waals surface area contributed by atoms with Crippen molar-refractivity contribution in [2.24, 2.45) is 4.99 Å². The molecule has 4 heteroatoms. The van der Waals surface area contributed by atoms with Crippen LogP contribution in [-0.2, 0) is 9.53 Å². The lowest BCUT2D eigenvalue weighted by molar-refractivity contribution is -0.130. The van der Waals surface area contributed by atoms with Gasteiger partial charge in [-0.3, -0.25) is 0 Å². The molecule has 0 saturated carbocycles. The molecule has 0 unspecified atom stereocenters. The van der Waals surface area contributed by atoms with Crippen LogP contribution >= 0.6 is 0 Å². The van der Waals surface area contributed by atoms with E-state index in [4.69, 9.17) is 9.15 Å². The monoisotopic (exact) mass is 253 g/mol. The number of carbonyl (C=O) groups excluding carboxylic acids is 1. The van der Waals surface area contributed by atoms with Gasteiger partial charge >= 0.3 is 5.97 Å². The van der Waals surface area contributed by atoms with Crippen molar-refractivity contribution in [1.82, 2.24) is 0 Å². The summed E-state index contributed by atoms with van der Waals surface area (Å²) in [6.45, 7) is 1.99. The maximum Gasteiger partial charge on any atom is 0.363 e. The summed E-state index contributed by atoms with van der Waals surface area (Å²) in [5, 5.41) is 0. The molecule has 0 amide bonds. The zero-order valence-corrected chi connectivity index (χ0v) is 10.3. The highest BCUT2D eigenvalue weighted by molar-refractivity contribution is 6.11. The van der Waals surface area contributed by atoms with E-state index in [1.165, 1.54) is 6.26 Å². The standard InChI is InChI=1S/C15H11NO3/c1-10-4-2-5-11(8-10)9-12-15(17)19-14(16-12)13-6-3-7-18-13/h2-9H,1H3/b12-9-. The Morgan fingerprint density at radius 3 is 2.84 bits per heavy atom. The molecule has 2 aromatic rings. The van der Waals surface area contributed by atoms with Crippen molar-refractivity contribution in [3.05, 3.63) is 65.2 Å². The van der Waals surface area contributed by atoms with E-state index < -0.39 is 5.97 Å². The van der Waals surface area contributed by atoms with E-state index in [1.807, 2.05) is 31.2 Å². The van der Waals surface area contributed by atoms with E-state index in [2.05, 4.69) is 4.99 Å². The summed E-state index contributed by atoms with van der Waals surface area (Å²) < 4.78 is 10.2. The highest BCUT2D eigenvalue weighted by Gasteiger charge is 2.25. The summed E-state index contributed by atoms with van der Waals surface area (Å²) in [5.74, 6) is 0.183. The topological polar surface area (TPSA) is 51.8 Å². The third kappa shape index (κ3) is 2.33. The van der Waals surface area contributed by atoms with E-state index in [0.717, 1.165) is 11.1 Å². The number of nitrogens with zero attached hydrogens (tertiary/aromatic N) is 1. The fourth-order valence-electron chi connectivity index (χ4n) is 1.83. The Hall–Kier alpha value is -2.62. The van der Waals surface area contributed by atoms with Gasteiger partial charge in [0.1, 0.15) is 0 Å². The molecule has 0 bridgehead atoms. The van der Waals surface area contributed by atoms with Gasteiger partial charge in [0.2, 0.25) is 0 Å². The highest BCUT2D eigenvalue weighted by atomic mass is 16.6. The number of hydrogen-bond donors (Lipinski definition) is 0. The number of esters is 1. The molecule has 0 N–H and O–H groups in total. The minimum Gasteiger partial charge on any atom is -0.459 e. The first kappa shape index (κ1) is 11.5. The fourth-order valence-corrected chi connectivity index (χ4v) is 1.83. The normalized spacial score (nSPS) is 16.6. The van der Waals surface area contributed by atoms with Gasteiger partial charge in [0.15, 0.2) is 11.5 Å². The van der Waals surface area contributed by atoms with Gasteiger partial charge in [-0.1, -0.05) is 29.8 Å². The number of aryl methyl sites for hydroxylation is 1. The van der Waals surface area contributed by atoms with Crippen LogP contribution in [0, 0.1) is 6.92 Å². The average Bonchev–Trinajstić information content (AvgIpc) is 3.00. The van der Waals surface area contributed by atoms with Crippen LogP contribution in [0.25, 0.3) is 6.08 Å². The molecule has 2 heterocycles. The van der Waals surface area contributed by atoms with Crippen molar-refractivity contribution < 1.29 is 13.9 Å². The number of hydrogen-bond acceptors (Lipinski definition) is 4. The Balaban J connectivity index is 1.95. The second kappa shape index (κ2) is 4.57. The number of furan rings is 1. The molecule has 19 heavy (non-hydrogen) atoms. The van der Waals surface area contributed by atoms with Crippen molar-refractivity contribution in [3.63, 3.8) is 0 Å². The maximum absolute atomic E-state index is 11.7. The molecule has 0 aliphatic carbocycles. The van der Waals surface area contributed by atoms with Crippen molar-refractivity contribution >= 4 is 17.9 Å². The van der Waals surface area contributed by atoms with Crippen molar-refractivity contribution in [2.75, 3.05) is 0 Å². The third-order valence-electron chi connectivity index (χ3n) is 2.70. The lowest BCUT2D eigenvalue weighted by Crippen LogP contribution is -2.04. The van der Waals surface area contributed by atoms with E-state index in [9.17, 15) is 4.79 Å². The largest absolute Gasteiger partial charge is 0.459 e. The molecule has 0 saturated heterocycles. The van der Waals surface area contributed by atoms with E-state index in [1.54, 1.807) is 18.2 Å². The molecule has 1 aromatic heterocycles. The second-order valence-electron chi connectivity index (χ2n) is 4.23. The van der Waals surface area contributed by atoms with Crippen LogP contribution in [0.15, 0.2) is 57.8 Å². The molecule has 1 aliphatic heterocycles. The first-order chi connectivity index (χ1) is 9.22. The molecule has 94 valence electrons. The number of aliphatic imine (C=N–C) groups is 1. The molecule has 4 nitrogen and oxygen atoms in total. The van der Waals surface area contributed by atoms with E-state index >= 15 is 0 Å². The Labute approximate surface area is 110 Å². The van der Waals surface area contributed by atoms with Crippen molar-refractivity contribution in [1.29, 1.82) is 0 Å². The minimum atomic E-state index is -0.465. The smallest absolute Gasteiger partial charge is 0.363 e. The van der Waals surface area contributed by atoms with Crippen LogP contribution in [0.5, 0.6) is 0 Å². The molecule has 0 radical (unpaired) electrons. The van der Waals surface area contributed by atoms with Gasteiger partial charge in [-0.25, -0.2) is 9.79 Å². The van der Waals surface area contributed by atoms with Crippen molar-refractivity contribution in [3.8, 4) is 0 Å². The zero-order chi connectivity index (χ0) is 13.2. The summed E-state index contributed by atoms with van der Waals surface area (Å²) in [7, 11) is 0. The fraction of sp³-hybridized carbons (Fsp3) is 0.0667. The van der Waals surface area contributed by atoms with Gasteiger partial charge in [-0.05, 0) is 30.7 Å². The van der Waals surface area contributed by atoms with Crippen LogP contribution < -0.4 is 0 Å². The predicted molar refractivity (Wildman–Crippen MR) is 70.5 cm³/mol.